The number of esters is 1. The van der Waals surface area contributed by atoms with Crippen molar-refractivity contribution in [2.24, 2.45) is 0 Å². The maximum absolute atomic E-state index is 13.1. The zero-order valence-electron chi connectivity index (χ0n) is 11.1. The summed E-state index contributed by atoms with van der Waals surface area (Å²) in [5.74, 6) is -0.973. The number of ether oxygens (including phenoxy) is 2. The third-order valence-electron chi connectivity index (χ3n) is 3.13. The lowest BCUT2D eigenvalue weighted by atomic mass is 9.85. The van der Waals surface area contributed by atoms with Crippen LogP contribution >= 0.6 is 0 Å². The minimum atomic E-state index is -5.26. The predicted octanol–water partition coefficient (Wildman–Crippen LogP) is 3.23. The van der Waals surface area contributed by atoms with Gasteiger partial charge >= 0.3 is 18.3 Å². The Balaban J connectivity index is 2.49. The van der Waals surface area contributed by atoms with Gasteiger partial charge in [0.25, 0.3) is 0 Å². The second-order valence-corrected chi connectivity index (χ2v) is 4.56. The lowest BCUT2D eigenvalue weighted by molar-refractivity contribution is -0.137. The van der Waals surface area contributed by atoms with Crippen LogP contribution in [0.3, 0.4) is 0 Å². The Morgan fingerprint density at radius 3 is 2.45 bits per heavy atom. The number of carbonyl (C=O) groups excluding carboxylic acids is 1. The molecule has 2 aliphatic rings. The zero-order chi connectivity index (χ0) is 16.8. The van der Waals surface area contributed by atoms with Gasteiger partial charge in [0, 0.05) is 6.08 Å². The molecule has 9 heteroatoms. The third kappa shape index (κ3) is 2.77. The zero-order valence-corrected chi connectivity index (χ0v) is 11.1. The van der Waals surface area contributed by atoms with Gasteiger partial charge in [-0.1, -0.05) is 6.08 Å². The molecule has 122 valence electrons. The fourth-order valence-corrected chi connectivity index (χ4v) is 2.41. The van der Waals surface area contributed by atoms with Crippen molar-refractivity contribution in [2.45, 2.75) is 31.0 Å². The lowest BCUT2D eigenvalue weighted by Crippen LogP contribution is -2.35. The van der Waals surface area contributed by atoms with Crippen LogP contribution in [0.1, 0.15) is 6.92 Å². The highest BCUT2D eigenvalue weighted by molar-refractivity contribution is 5.82. The molecule has 0 saturated carbocycles. The summed E-state index contributed by atoms with van der Waals surface area (Å²) in [5.41, 5.74) is -6.11. The van der Waals surface area contributed by atoms with Crippen LogP contribution < -0.4 is 0 Å². The van der Waals surface area contributed by atoms with E-state index in [-0.39, 0.29) is 6.61 Å². The van der Waals surface area contributed by atoms with Crippen LogP contribution in [0.15, 0.2) is 35.5 Å². The molecule has 3 nitrogen and oxygen atoms in total. The van der Waals surface area contributed by atoms with E-state index in [1.807, 2.05) is 0 Å². The van der Waals surface area contributed by atoms with Crippen molar-refractivity contribution in [3.8, 4) is 0 Å². The molecule has 22 heavy (non-hydrogen) atoms. The lowest BCUT2D eigenvalue weighted by Gasteiger charge is -2.25. The second kappa shape index (κ2) is 5.15. The highest BCUT2D eigenvalue weighted by Gasteiger charge is 2.63. The fraction of sp³-hybridized carbons (Fsp3) is 0.462. The number of rotatable bonds is 3. The number of halogens is 6. The topological polar surface area (TPSA) is 35.5 Å². The van der Waals surface area contributed by atoms with Crippen molar-refractivity contribution < 1.29 is 40.6 Å². The van der Waals surface area contributed by atoms with E-state index in [0.717, 1.165) is 12.2 Å². The van der Waals surface area contributed by atoms with Gasteiger partial charge in [0.1, 0.15) is 11.7 Å². The predicted molar refractivity (Wildman–Crippen MR) is 61.7 cm³/mol. The molecule has 0 saturated heterocycles. The Labute approximate surface area is 120 Å². The van der Waals surface area contributed by atoms with E-state index in [1.54, 1.807) is 0 Å². The molecular formula is C13H10F6O3. The van der Waals surface area contributed by atoms with Gasteiger partial charge in [-0.05, 0) is 19.1 Å². The maximum Gasteiger partial charge on any atom is 0.416 e. The van der Waals surface area contributed by atoms with Crippen LogP contribution in [0.4, 0.5) is 26.3 Å². The molecule has 2 bridgehead atoms. The molecule has 0 aliphatic carbocycles. The summed E-state index contributed by atoms with van der Waals surface area (Å²) in [7, 11) is 0. The van der Waals surface area contributed by atoms with Crippen molar-refractivity contribution in [1.29, 1.82) is 0 Å². The van der Waals surface area contributed by atoms with Crippen LogP contribution in [0.5, 0.6) is 0 Å². The molecular weight excluding hydrogens is 318 g/mol. The van der Waals surface area contributed by atoms with Crippen molar-refractivity contribution in [3.05, 3.63) is 35.5 Å². The molecule has 0 aromatic heterocycles. The molecule has 2 aliphatic heterocycles. The van der Waals surface area contributed by atoms with E-state index in [4.69, 9.17) is 4.74 Å². The van der Waals surface area contributed by atoms with Crippen LogP contribution in [0, 0.1) is 0 Å². The van der Waals surface area contributed by atoms with Crippen molar-refractivity contribution >= 4 is 5.97 Å². The van der Waals surface area contributed by atoms with Crippen LogP contribution in [0.2, 0.25) is 0 Å². The van der Waals surface area contributed by atoms with E-state index in [9.17, 15) is 31.1 Å². The van der Waals surface area contributed by atoms with Gasteiger partial charge in [-0.3, -0.25) is 0 Å². The van der Waals surface area contributed by atoms with Crippen molar-refractivity contribution in [1.82, 2.24) is 0 Å². The Morgan fingerprint density at radius 1 is 1.32 bits per heavy atom. The summed E-state index contributed by atoms with van der Waals surface area (Å²) in [5, 5.41) is 0. The smallest absolute Gasteiger partial charge is 0.416 e. The number of fused-ring (bicyclic) bond motifs is 2. The molecule has 0 aromatic carbocycles. The first-order valence-electron chi connectivity index (χ1n) is 6.13. The highest BCUT2D eigenvalue weighted by atomic mass is 19.4. The van der Waals surface area contributed by atoms with E-state index < -0.39 is 41.2 Å². The Kier molecular flexibility index (Phi) is 3.88. The number of carbonyl (C=O) groups is 1. The minimum absolute atomic E-state index is 0.0226. The monoisotopic (exact) mass is 328 g/mol. The van der Waals surface area contributed by atoms with E-state index in [1.165, 1.54) is 6.92 Å². The largest absolute Gasteiger partial charge is 0.463 e. The third-order valence-corrected chi connectivity index (χ3v) is 3.13. The highest BCUT2D eigenvalue weighted by Crippen LogP contribution is 2.54. The van der Waals surface area contributed by atoms with Crippen LogP contribution in [0.25, 0.3) is 0 Å². The molecule has 0 radical (unpaired) electrons. The van der Waals surface area contributed by atoms with Gasteiger partial charge in [-0.15, -0.1) is 0 Å². The van der Waals surface area contributed by atoms with Crippen molar-refractivity contribution in [2.75, 3.05) is 6.61 Å². The second-order valence-electron chi connectivity index (χ2n) is 4.56. The molecule has 0 spiro atoms. The van der Waals surface area contributed by atoms with Gasteiger partial charge in [-0.25, -0.2) is 4.79 Å². The van der Waals surface area contributed by atoms with Gasteiger partial charge in [0.05, 0.1) is 17.8 Å². The Morgan fingerprint density at radius 2 is 1.95 bits per heavy atom. The first kappa shape index (κ1) is 16.6. The van der Waals surface area contributed by atoms with Crippen LogP contribution in [-0.4, -0.2) is 36.6 Å². The first-order valence-corrected chi connectivity index (χ1v) is 6.13. The fourth-order valence-electron chi connectivity index (χ4n) is 2.41. The summed E-state index contributed by atoms with van der Waals surface area (Å²) in [6.45, 7) is 1.45. The molecule has 2 rings (SSSR count). The van der Waals surface area contributed by atoms with E-state index in [0.29, 0.717) is 12.2 Å². The SMILES string of the molecule is CCOC(=O)/C=C/C12C=CC(O1)C(C(F)(F)F)=C2C(F)(F)F. The molecule has 2 atom stereocenters. The van der Waals surface area contributed by atoms with Gasteiger partial charge in [-0.2, -0.15) is 26.3 Å². The molecule has 0 N–H and O–H groups in total. The maximum atomic E-state index is 13.1. The number of hydrogen-bond donors (Lipinski definition) is 0. The van der Waals surface area contributed by atoms with Gasteiger partial charge in [0.15, 0.2) is 0 Å². The average molecular weight is 328 g/mol. The number of alkyl halides is 6. The molecule has 0 amide bonds. The first-order chi connectivity index (χ1) is 10.0. The van der Waals surface area contributed by atoms with Crippen LogP contribution in [-0.2, 0) is 14.3 Å². The van der Waals surface area contributed by atoms with Gasteiger partial charge < -0.3 is 9.47 Å². The number of hydrogen-bond acceptors (Lipinski definition) is 3. The summed E-state index contributed by atoms with van der Waals surface area (Å²) in [4.78, 5) is 11.2. The standard InChI is InChI=1S/C13H10F6O3/c1-2-21-8(20)4-6-11-5-3-7(22-11)9(12(14,15)16)10(11)13(17,18)19/h3-7H,2H2,1H3/b6-4+. The molecule has 0 aromatic rings. The molecule has 2 heterocycles. The Hall–Kier alpha value is -1.77. The summed E-state index contributed by atoms with van der Waals surface area (Å²) in [6, 6.07) is 0. The van der Waals surface area contributed by atoms with Gasteiger partial charge in [0.2, 0.25) is 0 Å². The van der Waals surface area contributed by atoms with E-state index in [2.05, 4.69) is 4.74 Å². The van der Waals surface area contributed by atoms with E-state index >= 15 is 0 Å². The van der Waals surface area contributed by atoms with Crippen molar-refractivity contribution in [3.63, 3.8) is 0 Å². The Bertz CT molecular complexity index is 569. The summed E-state index contributed by atoms with van der Waals surface area (Å²) in [6.07, 6.45) is -9.31. The molecule has 0 fully saturated rings. The average Bonchev–Trinajstić information content (AvgIpc) is 2.91. The minimum Gasteiger partial charge on any atom is -0.463 e. The molecule has 2 unspecified atom stereocenters. The summed E-state index contributed by atoms with van der Waals surface area (Å²) < 4.78 is 87.3. The quantitative estimate of drug-likeness (QED) is 0.345. The summed E-state index contributed by atoms with van der Waals surface area (Å²) >= 11 is 0. The normalized spacial score (nSPS) is 28.0.